The maximum Gasteiger partial charge on any atom is 0.222 e. The number of aliphatic imine (C=N–C) groups is 1. The van der Waals surface area contributed by atoms with E-state index in [2.05, 4.69) is 47.8 Å². The number of piperazine rings is 1. The molecule has 1 fully saturated rings. The topological polar surface area (TPSA) is 77.0 Å². The molecule has 0 atom stereocenters. The maximum absolute atomic E-state index is 12.5. The third-order valence-corrected chi connectivity index (χ3v) is 6.11. The van der Waals surface area contributed by atoms with Crippen LogP contribution in [0.5, 0.6) is 0 Å². The highest BCUT2D eigenvalue weighted by atomic mass is 32.1. The third-order valence-electron chi connectivity index (χ3n) is 5.25. The van der Waals surface area contributed by atoms with Gasteiger partial charge in [0.15, 0.2) is 5.96 Å². The minimum Gasteiger partial charge on any atom is -0.357 e. The van der Waals surface area contributed by atoms with Gasteiger partial charge in [0, 0.05) is 57.0 Å². The number of unbranched alkanes of at least 4 members (excludes halogenated alkanes) is 2. The Bertz CT molecular complexity index is 682. The van der Waals surface area contributed by atoms with Gasteiger partial charge in [-0.05, 0) is 37.1 Å². The first-order valence-corrected chi connectivity index (χ1v) is 12.5. The lowest BCUT2D eigenvalue weighted by Gasteiger charge is -2.35. The van der Waals surface area contributed by atoms with Crippen molar-refractivity contribution in [2.45, 2.75) is 59.4 Å². The molecule has 0 unspecified atom stereocenters. The number of rotatable bonds is 11. The third kappa shape index (κ3) is 9.72. The van der Waals surface area contributed by atoms with Gasteiger partial charge in [-0.25, -0.2) is 4.99 Å². The van der Waals surface area contributed by atoms with Crippen molar-refractivity contribution >= 4 is 29.1 Å². The second kappa shape index (κ2) is 14.1. The second-order valence-corrected chi connectivity index (χ2v) is 9.40. The summed E-state index contributed by atoms with van der Waals surface area (Å²) < 4.78 is 0. The largest absolute Gasteiger partial charge is 0.357 e. The van der Waals surface area contributed by atoms with Crippen LogP contribution in [-0.4, -0.2) is 66.8 Å². The van der Waals surface area contributed by atoms with Crippen LogP contribution in [0, 0.1) is 5.92 Å². The monoisotopic (exact) mass is 449 g/mol. The quantitative estimate of drug-likeness (QED) is 0.309. The number of nitrogens with one attached hydrogen (secondary N) is 2. The maximum atomic E-state index is 12.5. The fourth-order valence-corrected chi connectivity index (χ4v) is 4.16. The summed E-state index contributed by atoms with van der Waals surface area (Å²) in [5.74, 6) is 1.65. The smallest absolute Gasteiger partial charge is 0.222 e. The molecule has 0 spiro atoms. The van der Waals surface area contributed by atoms with E-state index in [-0.39, 0.29) is 11.8 Å². The zero-order valence-corrected chi connectivity index (χ0v) is 20.2. The number of thiophene rings is 1. The Hall–Kier alpha value is -2.09. The normalized spacial score (nSPS) is 14.8. The van der Waals surface area contributed by atoms with E-state index in [0.717, 1.165) is 38.3 Å². The molecule has 1 aromatic heterocycles. The molecule has 0 saturated carbocycles. The second-order valence-electron chi connectivity index (χ2n) is 8.37. The van der Waals surface area contributed by atoms with Gasteiger partial charge in [-0.3, -0.25) is 9.59 Å². The summed E-state index contributed by atoms with van der Waals surface area (Å²) in [7, 11) is 0. The summed E-state index contributed by atoms with van der Waals surface area (Å²) in [6.45, 7) is 11.2. The Morgan fingerprint density at radius 3 is 2.39 bits per heavy atom. The molecule has 7 nitrogen and oxygen atoms in total. The highest BCUT2D eigenvalue weighted by Crippen LogP contribution is 2.11. The van der Waals surface area contributed by atoms with Gasteiger partial charge in [0.2, 0.25) is 11.8 Å². The first-order chi connectivity index (χ1) is 15.0. The Morgan fingerprint density at radius 2 is 1.77 bits per heavy atom. The van der Waals surface area contributed by atoms with Gasteiger partial charge in [-0.15, -0.1) is 11.3 Å². The van der Waals surface area contributed by atoms with Crippen molar-refractivity contribution in [2.24, 2.45) is 10.9 Å². The average Bonchev–Trinajstić information content (AvgIpc) is 3.27. The highest BCUT2D eigenvalue weighted by Gasteiger charge is 2.23. The van der Waals surface area contributed by atoms with E-state index in [4.69, 9.17) is 0 Å². The summed E-state index contributed by atoms with van der Waals surface area (Å²) in [5.41, 5.74) is 0. The zero-order chi connectivity index (χ0) is 22.5. The Labute approximate surface area is 191 Å². The van der Waals surface area contributed by atoms with Crippen molar-refractivity contribution in [3.63, 3.8) is 0 Å². The molecule has 0 aliphatic carbocycles. The molecule has 1 saturated heterocycles. The first-order valence-electron chi connectivity index (χ1n) is 11.6. The SMILES string of the molecule is CCNC(=NCc1cccs1)NCCCCCC(=O)N1CCN(C(=O)CC(C)C)CC1. The summed E-state index contributed by atoms with van der Waals surface area (Å²) in [5, 5.41) is 8.72. The van der Waals surface area contributed by atoms with Crippen molar-refractivity contribution in [3.8, 4) is 0 Å². The van der Waals surface area contributed by atoms with E-state index in [1.165, 1.54) is 4.88 Å². The van der Waals surface area contributed by atoms with E-state index < -0.39 is 0 Å². The lowest BCUT2D eigenvalue weighted by Crippen LogP contribution is -2.50. The van der Waals surface area contributed by atoms with Gasteiger partial charge in [0.1, 0.15) is 0 Å². The van der Waals surface area contributed by atoms with Crippen LogP contribution in [0.1, 0.15) is 57.8 Å². The molecule has 2 N–H and O–H groups in total. The van der Waals surface area contributed by atoms with Crippen LogP contribution in [0.4, 0.5) is 0 Å². The van der Waals surface area contributed by atoms with Crippen molar-refractivity contribution in [2.75, 3.05) is 39.3 Å². The van der Waals surface area contributed by atoms with Crippen LogP contribution in [0.15, 0.2) is 22.5 Å². The molecule has 2 amide bonds. The molecule has 2 rings (SSSR count). The number of amides is 2. The molecule has 2 heterocycles. The summed E-state index contributed by atoms with van der Waals surface area (Å²) in [4.78, 5) is 34.3. The highest BCUT2D eigenvalue weighted by molar-refractivity contribution is 7.09. The molecule has 8 heteroatoms. The number of guanidine groups is 1. The zero-order valence-electron chi connectivity index (χ0n) is 19.4. The van der Waals surface area contributed by atoms with E-state index in [1.54, 1.807) is 11.3 Å². The van der Waals surface area contributed by atoms with E-state index in [1.807, 2.05) is 15.9 Å². The predicted molar refractivity (Wildman–Crippen MR) is 128 cm³/mol. The first kappa shape index (κ1) is 25.2. The summed E-state index contributed by atoms with van der Waals surface area (Å²) in [6.07, 6.45) is 4.10. The molecule has 1 aliphatic heterocycles. The van der Waals surface area contributed by atoms with E-state index >= 15 is 0 Å². The Morgan fingerprint density at radius 1 is 1.06 bits per heavy atom. The van der Waals surface area contributed by atoms with Crippen LogP contribution in [0.3, 0.4) is 0 Å². The van der Waals surface area contributed by atoms with Gasteiger partial charge >= 0.3 is 0 Å². The van der Waals surface area contributed by atoms with Crippen LogP contribution >= 0.6 is 11.3 Å². The molecular weight excluding hydrogens is 410 g/mol. The lowest BCUT2D eigenvalue weighted by molar-refractivity contribution is -0.140. The van der Waals surface area contributed by atoms with Crippen LogP contribution in [0.2, 0.25) is 0 Å². The average molecular weight is 450 g/mol. The molecule has 1 aromatic rings. The number of carbonyl (C=O) groups excluding carboxylic acids is 2. The van der Waals surface area contributed by atoms with Crippen LogP contribution < -0.4 is 10.6 Å². The molecule has 174 valence electrons. The van der Waals surface area contributed by atoms with Crippen molar-refractivity contribution in [1.29, 1.82) is 0 Å². The van der Waals surface area contributed by atoms with Gasteiger partial charge in [-0.1, -0.05) is 26.3 Å². The molecule has 1 aliphatic rings. The summed E-state index contributed by atoms with van der Waals surface area (Å²) in [6, 6.07) is 4.14. The minimum atomic E-state index is 0.213. The number of hydrogen-bond donors (Lipinski definition) is 2. The Kier molecular flexibility index (Phi) is 11.4. The van der Waals surface area contributed by atoms with Crippen molar-refractivity contribution < 1.29 is 9.59 Å². The van der Waals surface area contributed by atoms with Crippen molar-refractivity contribution in [1.82, 2.24) is 20.4 Å². The Balaban J connectivity index is 1.57. The standard InChI is InChI=1S/C23H39N5O2S/c1-4-24-23(26-18-20-9-8-16-31-20)25-11-7-5-6-10-21(29)27-12-14-28(15-13-27)22(30)17-19(2)3/h8-9,16,19H,4-7,10-15,17-18H2,1-3H3,(H2,24,25,26). The van der Waals surface area contributed by atoms with E-state index in [0.29, 0.717) is 51.5 Å². The molecule has 31 heavy (non-hydrogen) atoms. The fraction of sp³-hybridized carbons (Fsp3) is 0.696. The van der Waals surface area contributed by atoms with Gasteiger partial charge < -0.3 is 20.4 Å². The summed E-state index contributed by atoms with van der Waals surface area (Å²) >= 11 is 1.72. The number of carbonyl (C=O) groups is 2. The van der Waals surface area contributed by atoms with Gasteiger partial charge in [-0.2, -0.15) is 0 Å². The number of nitrogens with zero attached hydrogens (tertiary/aromatic N) is 3. The number of hydrogen-bond acceptors (Lipinski definition) is 4. The molecule has 0 aromatic carbocycles. The van der Waals surface area contributed by atoms with Crippen LogP contribution in [0.25, 0.3) is 0 Å². The van der Waals surface area contributed by atoms with E-state index in [9.17, 15) is 9.59 Å². The molecule has 0 radical (unpaired) electrons. The minimum absolute atomic E-state index is 0.213. The fourth-order valence-electron chi connectivity index (χ4n) is 3.53. The van der Waals surface area contributed by atoms with Gasteiger partial charge in [0.25, 0.3) is 0 Å². The van der Waals surface area contributed by atoms with Crippen LogP contribution in [-0.2, 0) is 16.1 Å². The molecular formula is C23H39N5O2S. The molecule has 0 bridgehead atoms. The lowest BCUT2D eigenvalue weighted by atomic mass is 10.1. The predicted octanol–water partition coefficient (Wildman–Crippen LogP) is 3.08. The van der Waals surface area contributed by atoms with Crippen molar-refractivity contribution in [3.05, 3.63) is 22.4 Å². The van der Waals surface area contributed by atoms with Gasteiger partial charge in [0.05, 0.1) is 6.54 Å².